The van der Waals surface area contributed by atoms with Crippen LogP contribution in [0.4, 0.5) is 5.69 Å². The second-order valence-electron chi connectivity index (χ2n) is 7.73. The van der Waals surface area contributed by atoms with Crippen LogP contribution in [-0.4, -0.2) is 27.1 Å². The van der Waals surface area contributed by atoms with Crippen molar-refractivity contribution in [2.24, 2.45) is 0 Å². The van der Waals surface area contributed by atoms with Crippen molar-refractivity contribution in [1.82, 2.24) is 9.38 Å². The molecule has 2 aromatic heterocycles. The van der Waals surface area contributed by atoms with Crippen molar-refractivity contribution in [2.45, 2.75) is 26.0 Å². The standard InChI is InChI=1S/C23H19Cl2N3O2/c1-13-19(24)12-28-20(30)9-16(26-23(28)21(13)25)10-27-11-17(29)8-15-7-6-14-4-2-3-5-18(14)22(15)27/h2-7,9,12,17,29H,8,10-11H2,1H3. The minimum Gasteiger partial charge on any atom is -0.391 e. The molecule has 0 amide bonds. The Morgan fingerprint density at radius 1 is 1.20 bits per heavy atom. The van der Waals surface area contributed by atoms with Crippen LogP contribution in [0.2, 0.25) is 10.0 Å². The summed E-state index contributed by atoms with van der Waals surface area (Å²) in [6.07, 6.45) is 1.67. The van der Waals surface area contributed by atoms with Crippen molar-refractivity contribution in [2.75, 3.05) is 11.4 Å². The molecule has 1 aliphatic heterocycles. The Morgan fingerprint density at radius 3 is 2.83 bits per heavy atom. The number of aromatic nitrogens is 2. The lowest BCUT2D eigenvalue weighted by molar-refractivity contribution is 0.175. The average molecular weight is 440 g/mol. The molecule has 0 bridgehead atoms. The summed E-state index contributed by atoms with van der Waals surface area (Å²) in [7, 11) is 0. The topological polar surface area (TPSA) is 57.8 Å². The van der Waals surface area contributed by atoms with Gasteiger partial charge in [0.05, 0.1) is 28.4 Å². The number of rotatable bonds is 2. The number of benzene rings is 2. The van der Waals surface area contributed by atoms with E-state index in [0.717, 1.165) is 22.0 Å². The lowest BCUT2D eigenvalue weighted by Gasteiger charge is -2.35. The Hall–Kier alpha value is -2.60. The molecule has 1 aliphatic rings. The van der Waals surface area contributed by atoms with Gasteiger partial charge in [0.2, 0.25) is 0 Å². The summed E-state index contributed by atoms with van der Waals surface area (Å²) in [6.45, 7) is 2.66. The molecule has 1 atom stereocenters. The third kappa shape index (κ3) is 3.14. The fraction of sp³-hybridized carbons (Fsp3) is 0.217. The van der Waals surface area contributed by atoms with Gasteiger partial charge in [-0.3, -0.25) is 9.20 Å². The molecule has 2 aromatic carbocycles. The van der Waals surface area contributed by atoms with Crippen molar-refractivity contribution >= 4 is 45.3 Å². The van der Waals surface area contributed by atoms with Gasteiger partial charge in [0.15, 0.2) is 5.65 Å². The number of aliphatic hydroxyl groups is 1. The molecule has 152 valence electrons. The van der Waals surface area contributed by atoms with Gasteiger partial charge in [-0.15, -0.1) is 0 Å². The van der Waals surface area contributed by atoms with Gasteiger partial charge in [0, 0.05) is 36.3 Å². The summed E-state index contributed by atoms with van der Waals surface area (Å²) in [6, 6.07) is 13.8. The minimum atomic E-state index is -0.482. The number of nitrogens with zero attached hydrogens (tertiary/aromatic N) is 3. The van der Waals surface area contributed by atoms with Gasteiger partial charge >= 0.3 is 0 Å². The predicted molar refractivity (Wildman–Crippen MR) is 121 cm³/mol. The molecule has 0 saturated carbocycles. The number of hydrogen-bond acceptors (Lipinski definition) is 4. The van der Waals surface area contributed by atoms with Gasteiger partial charge in [-0.25, -0.2) is 4.98 Å². The maximum atomic E-state index is 12.7. The van der Waals surface area contributed by atoms with Crippen molar-refractivity contribution in [3.8, 4) is 0 Å². The Labute approximate surface area is 183 Å². The van der Waals surface area contributed by atoms with Crippen LogP contribution in [0, 0.1) is 6.92 Å². The number of aliphatic hydroxyl groups excluding tert-OH is 1. The predicted octanol–water partition coefficient (Wildman–Crippen LogP) is 4.39. The van der Waals surface area contributed by atoms with Crippen molar-refractivity contribution in [3.63, 3.8) is 0 Å². The zero-order chi connectivity index (χ0) is 21.0. The maximum Gasteiger partial charge on any atom is 0.258 e. The third-order valence-corrected chi connectivity index (χ3v) is 6.50. The van der Waals surface area contributed by atoms with E-state index in [4.69, 9.17) is 23.2 Å². The van der Waals surface area contributed by atoms with Crippen LogP contribution in [0.1, 0.15) is 16.8 Å². The molecule has 30 heavy (non-hydrogen) atoms. The smallest absolute Gasteiger partial charge is 0.258 e. The number of fused-ring (bicyclic) bond motifs is 4. The van der Waals surface area contributed by atoms with E-state index in [1.807, 2.05) is 12.1 Å². The molecule has 0 spiro atoms. The Morgan fingerprint density at radius 2 is 2.00 bits per heavy atom. The fourth-order valence-electron chi connectivity index (χ4n) is 4.22. The summed E-state index contributed by atoms with van der Waals surface area (Å²) >= 11 is 12.6. The summed E-state index contributed by atoms with van der Waals surface area (Å²) in [5.74, 6) is 0. The monoisotopic (exact) mass is 439 g/mol. The molecule has 0 saturated heterocycles. The first-order valence-electron chi connectivity index (χ1n) is 9.73. The fourth-order valence-corrected chi connectivity index (χ4v) is 4.70. The first-order chi connectivity index (χ1) is 14.4. The number of hydrogen-bond donors (Lipinski definition) is 1. The average Bonchev–Trinajstić information content (AvgIpc) is 2.72. The van der Waals surface area contributed by atoms with Crippen LogP contribution in [0.5, 0.6) is 0 Å². The molecule has 4 aromatic rings. The molecule has 5 nitrogen and oxygen atoms in total. The second-order valence-corrected chi connectivity index (χ2v) is 8.51. The van der Waals surface area contributed by atoms with Gasteiger partial charge in [0.1, 0.15) is 0 Å². The van der Waals surface area contributed by atoms with Gasteiger partial charge < -0.3 is 10.0 Å². The van der Waals surface area contributed by atoms with Crippen LogP contribution in [0.15, 0.2) is 53.5 Å². The molecule has 7 heteroatoms. The highest BCUT2D eigenvalue weighted by Crippen LogP contribution is 2.36. The Balaban J connectivity index is 1.64. The first-order valence-corrected chi connectivity index (χ1v) is 10.5. The lowest BCUT2D eigenvalue weighted by atomic mass is 9.95. The van der Waals surface area contributed by atoms with Gasteiger partial charge in [-0.05, 0) is 23.4 Å². The van der Waals surface area contributed by atoms with E-state index in [-0.39, 0.29) is 5.56 Å². The van der Waals surface area contributed by atoms with E-state index in [2.05, 4.69) is 34.1 Å². The molecule has 0 fully saturated rings. The van der Waals surface area contributed by atoms with E-state index < -0.39 is 6.10 Å². The molecule has 1 N–H and O–H groups in total. The first kappa shape index (κ1) is 19.4. The van der Waals surface area contributed by atoms with Crippen molar-refractivity contribution in [1.29, 1.82) is 0 Å². The molecule has 1 unspecified atom stereocenters. The molecule has 5 rings (SSSR count). The van der Waals surface area contributed by atoms with Gasteiger partial charge in [0.25, 0.3) is 5.56 Å². The van der Waals surface area contributed by atoms with Crippen LogP contribution in [0.25, 0.3) is 16.4 Å². The second kappa shape index (κ2) is 7.27. The van der Waals surface area contributed by atoms with Crippen LogP contribution >= 0.6 is 23.2 Å². The molecular formula is C23H19Cl2N3O2. The third-order valence-electron chi connectivity index (χ3n) is 5.67. The highest BCUT2D eigenvalue weighted by molar-refractivity contribution is 6.37. The minimum absolute atomic E-state index is 0.241. The van der Waals surface area contributed by atoms with E-state index >= 15 is 0 Å². The van der Waals surface area contributed by atoms with E-state index in [0.29, 0.717) is 46.5 Å². The van der Waals surface area contributed by atoms with E-state index in [1.54, 1.807) is 13.1 Å². The van der Waals surface area contributed by atoms with Crippen LogP contribution in [-0.2, 0) is 13.0 Å². The Bertz CT molecular complexity index is 1370. The number of β-amino-alcohol motifs (C(OH)–C–C–N with tert-alkyl or cyclic N) is 1. The van der Waals surface area contributed by atoms with Crippen molar-refractivity contribution < 1.29 is 5.11 Å². The zero-order valence-corrected chi connectivity index (χ0v) is 17.8. The quantitative estimate of drug-likeness (QED) is 0.503. The van der Waals surface area contributed by atoms with E-state index in [1.165, 1.54) is 10.5 Å². The maximum absolute atomic E-state index is 12.7. The molecule has 0 aliphatic carbocycles. The molecule has 0 radical (unpaired) electrons. The lowest BCUT2D eigenvalue weighted by Crippen LogP contribution is -2.38. The highest BCUT2D eigenvalue weighted by atomic mass is 35.5. The van der Waals surface area contributed by atoms with E-state index in [9.17, 15) is 9.90 Å². The van der Waals surface area contributed by atoms with Crippen LogP contribution < -0.4 is 10.5 Å². The summed E-state index contributed by atoms with van der Waals surface area (Å²) in [5, 5.41) is 13.5. The normalized spacial score (nSPS) is 16.3. The Kier molecular flexibility index (Phi) is 4.69. The molecule has 3 heterocycles. The highest BCUT2D eigenvalue weighted by Gasteiger charge is 2.25. The number of pyridine rings is 1. The summed E-state index contributed by atoms with van der Waals surface area (Å²) < 4.78 is 1.37. The van der Waals surface area contributed by atoms with Crippen LogP contribution in [0.3, 0.4) is 0 Å². The summed E-state index contributed by atoms with van der Waals surface area (Å²) in [4.78, 5) is 19.5. The number of halogens is 2. The van der Waals surface area contributed by atoms with Gasteiger partial charge in [-0.2, -0.15) is 0 Å². The van der Waals surface area contributed by atoms with Gasteiger partial charge in [-0.1, -0.05) is 59.6 Å². The summed E-state index contributed by atoms with van der Waals surface area (Å²) in [5.41, 5.74) is 3.60. The zero-order valence-electron chi connectivity index (χ0n) is 16.3. The largest absolute Gasteiger partial charge is 0.391 e. The molecular weight excluding hydrogens is 421 g/mol. The SMILES string of the molecule is Cc1c(Cl)cn2c(=O)cc(CN3CC(O)Cc4ccc5ccccc5c43)nc2c1Cl. The van der Waals surface area contributed by atoms with Crippen molar-refractivity contribution in [3.05, 3.63) is 85.9 Å². The number of anilines is 1.